The lowest BCUT2D eigenvalue weighted by Gasteiger charge is -2.31. The summed E-state index contributed by atoms with van der Waals surface area (Å²) in [5.74, 6) is 3.68. The maximum absolute atomic E-state index is 6.72. The SMILES string of the molecule is C#CCN(c1nc(-c2cc(C)c(CC)cc2Cl)c(C)s1)C(CC1CC1)c1ccc(C)c(C)c1. The number of benzene rings is 2. The molecule has 1 aliphatic rings. The van der Waals surface area contributed by atoms with Crippen LogP contribution in [0.3, 0.4) is 0 Å². The largest absolute Gasteiger partial charge is 0.330 e. The minimum Gasteiger partial charge on any atom is -0.330 e. The molecule has 3 aromatic rings. The van der Waals surface area contributed by atoms with Gasteiger partial charge in [-0.25, -0.2) is 4.98 Å². The summed E-state index contributed by atoms with van der Waals surface area (Å²) in [6.45, 7) is 11.3. The molecule has 33 heavy (non-hydrogen) atoms. The summed E-state index contributed by atoms with van der Waals surface area (Å²) < 4.78 is 0. The van der Waals surface area contributed by atoms with Crippen molar-refractivity contribution in [3.05, 3.63) is 68.0 Å². The number of nitrogens with zero attached hydrogens (tertiary/aromatic N) is 2. The van der Waals surface area contributed by atoms with E-state index in [9.17, 15) is 0 Å². The first-order chi connectivity index (χ1) is 15.8. The van der Waals surface area contributed by atoms with Gasteiger partial charge in [-0.05, 0) is 86.4 Å². The summed E-state index contributed by atoms with van der Waals surface area (Å²) in [6.07, 6.45) is 10.6. The predicted molar refractivity (Wildman–Crippen MR) is 144 cm³/mol. The van der Waals surface area contributed by atoms with Crippen LogP contribution in [0.1, 0.15) is 64.9 Å². The third kappa shape index (κ3) is 5.13. The molecule has 2 aromatic carbocycles. The van der Waals surface area contributed by atoms with Crippen LogP contribution >= 0.6 is 22.9 Å². The van der Waals surface area contributed by atoms with Crippen LogP contribution in [0.15, 0.2) is 30.3 Å². The number of halogens is 1. The van der Waals surface area contributed by atoms with Gasteiger partial charge < -0.3 is 4.90 Å². The zero-order chi connectivity index (χ0) is 23.7. The fourth-order valence-electron chi connectivity index (χ4n) is 4.53. The number of thiazole rings is 1. The molecule has 0 bridgehead atoms. The van der Waals surface area contributed by atoms with Gasteiger partial charge in [-0.1, -0.05) is 55.5 Å². The molecule has 4 rings (SSSR count). The number of aryl methyl sites for hydroxylation is 5. The monoisotopic (exact) mass is 476 g/mol. The van der Waals surface area contributed by atoms with Crippen molar-refractivity contribution in [1.82, 2.24) is 4.98 Å². The van der Waals surface area contributed by atoms with E-state index in [1.165, 1.54) is 45.5 Å². The quantitative estimate of drug-likeness (QED) is 0.304. The van der Waals surface area contributed by atoms with Gasteiger partial charge in [0.15, 0.2) is 5.13 Å². The molecular formula is C29H33ClN2S. The third-order valence-corrected chi connectivity index (χ3v) is 8.22. The minimum atomic E-state index is 0.228. The van der Waals surface area contributed by atoms with E-state index in [2.05, 4.69) is 75.8 Å². The van der Waals surface area contributed by atoms with Crippen LogP contribution in [0.5, 0.6) is 0 Å². The maximum Gasteiger partial charge on any atom is 0.187 e. The van der Waals surface area contributed by atoms with Crippen LogP contribution in [0, 0.1) is 46.0 Å². The van der Waals surface area contributed by atoms with E-state index in [0.717, 1.165) is 40.2 Å². The lowest BCUT2D eigenvalue weighted by atomic mass is 9.96. The number of terminal acetylenes is 1. The maximum atomic E-state index is 6.72. The normalized spacial score (nSPS) is 14.2. The summed E-state index contributed by atoms with van der Waals surface area (Å²) in [5.41, 5.74) is 8.49. The molecular weight excluding hydrogens is 444 g/mol. The number of hydrogen-bond donors (Lipinski definition) is 0. The molecule has 2 nitrogen and oxygen atoms in total. The summed E-state index contributed by atoms with van der Waals surface area (Å²) in [5, 5.41) is 1.75. The summed E-state index contributed by atoms with van der Waals surface area (Å²) in [6, 6.07) is 11.3. The van der Waals surface area contributed by atoms with Gasteiger partial charge in [-0.3, -0.25) is 0 Å². The van der Waals surface area contributed by atoms with Crippen molar-refractivity contribution in [3.63, 3.8) is 0 Å². The molecule has 0 spiro atoms. The molecule has 0 N–H and O–H groups in total. The van der Waals surface area contributed by atoms with Gasteiger partial charge in [0.1, 0.15) is 0 Å². The molecule has 1 atom stereocenters. The van der Waals surface area contributed by atoms with Crippen LogP contribution in [0.2, 0.25) is 5.02 Å². The number of rotatable bonds is 8. The first-order valence-corrected chi connectivity index (χ1v) is 13.1. The molecule has 1 unspecified atom stereocenters. The van der Waals surface area contributed by atoms with Crippen LogP contribution in [0.4, 0.5) is 5.13 Å². The van der Waals surface area contributed by atoms with E-state index >= 15 is 0 Å². The smallest absolute Gasteiger partial charge is 0.187 e. The van der Waals surface area contributed by atoms with Crippen molar-refractivity contribution in [2.75, 3.05) is 11.4 Å². The number of hydrogen-bond acceptors (Lipinski definition) is 3. The second-order valence-corrected chi connectivity index (χ2v) is 11.0. The fraction of sp³-hybridized carbons (Fsp3) is 0.414. The average Bonchev–Trinajstić information content (AvgIpc) is 3.53. The molecule has 0 saturated heterocycles. The average molecular weight is 477 g/mol. The molecule has 1 aromatic heterocycles. The highest BCUT2D eigenvalue weighted by molar-refractivity contribution is 7.16. The molecule has 0 aliphatic heterocycles. The fourth-order valence-corrected chi connectivity index (χ4v) is 5.78. The van der Waals surface area contributed by atoms with Crippen LogP contribution < -0.4 is 4.90 Å². The molecule has 1 fully saturated rings. The Balaban J connectivity index is 1.76. The van der Waals surface area contributed by atoms with Crippen molar-refractivity contribution in [2.24, 2.45) is 5.92 Å². The van der Waals surface area contributed by atoms with Crippen molar-refractivity contribution in [2.45, 2.75) is 66.3 Å². The zero-order valence-electron chi connectivity index (χ0n) is 20.3. The topological polar surface area (TPSA) is 16.1 Å². The molecule has 4 heteroatoms. The summed E-state index contributed by atoms with van der Waals surface area (Å²) in [7, 11) is 0. The van der Waals surface area contributed by atoms with Gasteiger partial charge in [0.2, 0.25) is 0 Å². The van der Waals surface area contributed by atoms with Gasteiger partial charge in [-0.15, -0.1) is 17.8 Å². The van der Waals surface area contributed by atoms with Gasteiger partial charge in [0, 0.05) is 10.4 Å². The molecule has 0 radical (unpaired) electrons. The number of anilines is 1. The van der Waals surface area contributed by atoms with Crippen LogP contribution in [-0.4, -0.2) is 11.5 Å². The Kier molecular flexibility index (Phi) is 7.17. The summed E-state index contributed by atoms with van der Waals surface area (Å²) >= 11 is 8.44. The zero-order valence-corrected chi connectivity index (χ0v) is 21.9. The van der Waals surface area contributed by atoms with Gasteiger partial charge in [-0.2, -0.15) is 0 Å². The Bertz CT molecular complexity index is 1200. The van der Waals surface area contributed by atoms with Crippen LogP contribution in [0.25, 0.3) is 11.3 Å². The summed E-state index contributed by atoms with van der Waals surface area (Å²) in [4.78, 5) is 8.64. The highest BCUT2D eigenvalue weighted by Crippen LogP contribution is 2.44. The number of aromatic nitrogens is 1. The Morgan fingerprint density at radius 2 is 1.88 bits per heavy atom. The Morgan fingerprint density at radius 1 is 1.12 bits per heavy atom. The second-order valence-electron chi connectivity index (χ2n) is 9.38. The molecule has 0 amide bonds. The standard InChI is InChI=1S/C29H33ClN2S/c1-7-13-32(27(16-22-10-11-22)24-12-9-18(3)19(4)14-24)29-31-28(21(6)33-29)25-15-20(5)23(8-2)17-26(25)30/h1,9,12,14-15,17,22,27H,8,10-11,13,16H2,2-6H3. The Labute approximate surface area is 208 Å². The highest BCUT2D eigenvalue weighted by Gasteiger charge is 2.31. The first kappa shape index (κ1) is 23.9. The van der Waals surface area contributed by atoms with E-state index in [4.69, 9.17) is 23.0 Å². The lowest BCUT2D eigenvalue weighted by Crippen LogP contribution is -2.29. The third-order valence-electron chi connectivity index (χ3n) is 6.90. The molecule has 1 saturated carbocycles. The highest BCUT2D eigenvalue weighted by atomic mass is 35.5. The van der Waals surface area contributed by atoms with Crippen molar-refractivity contribution < 1.29 is 0 Å². The van der Waals surface area contributed by atoms with Gasteiger partial charge in [0.05, 0.1) is 23.3 Å². The Hall–Kier alpha value is -2.28. The van der Waals surface area contributed by atoms with Crippen molar-refractivity contribution in [1.29, 1.82) is 0 Å². The minimum absolute atomic E-state index is 0.228. The molecule has 172 valence electrons. The predicted octanol–water partition coefficient (Wildman–Crippen LogP) is 8.24. The van der Waals surface area contributed by atoms with Crippen molar-refractivity contribution >= 4 is 28.1 Å². The van der Waals surface area contributed by atoms with Crippen molar-refractivity contribution in [3.8, 4) is 23.6 Å². The second kappa shape index (κ2) is 9.92. The van der Waals surface area contributed by atoms with Gasteiger partial charge >= 0.3 is 0 Å². The van der Waals surface area contributed by atoms with E-state index in [0.29, 0.717) is 6.54 Å². The van der Waals surface area contributed by atoms with E-state index in [1.54, 1.807) is 11.3 Å². The molecule has 1 heterocycles. The Morgan fingerprint density at radius 3 is 2.52 bits per heavy atom. The molecule has 1 aliphatic carbocycles. The van der Waals surface area contributed by atoms with E-state index in [1.807, 2.05) is 0 Å². The van der Waals surface area contributed by atoms with Crippen LogP contribution in [-0.2, 0) is 6.42 Å². The first-order valence-electron chi connectivity index (χ1n) is 11.9. The van der Waals surface area contributed by atoms with E-state index in [-0.39, 0.29) is 6.04 Å². The lowest BCUT2D eigenvalue weighted by molar-refractivity contribution is 0.556. The van der Waals surface area contributed by atoms with Gasteiger partial charge in [0.25, 0.3) is 0 Å². The van der Waals surface area contributed by atoms with E-state index < -0.39 is 0 Å².